The first-order valence-electron chi connectivity index (χ1n) is 8.11. The zero-order chi connectivity index (χ0) is 16.9. The lowest BCUT2D eigenvalue weighted by Crippen LogP contribution is -2.22. The third-order valence-corrected chi connectivity index (χ3v) is 4.99. The molecule has 1 heterocycles. The maximum Gasteiger partial charge on any atom is 0.274 e. The number of nitrogens with zero attached hydrogens (tertiary/aromatic N) is 1. The largest absolute Gasteiger partial charge is 0.381 e. The Morgan fingerprint density at radius 2 is 1.88 bits per heavy atom. The van der Waals surface area contributed by atoms with Crippen LogP contribution in [0, 0.1) is 0 Å². The Morgan fingerprint density at radius 1 is 1.08 bits per heavy atom. The average molecular weight is 364 g/mol. The van der Waals surface area contributed by atoms with Gasteiger partial charge in [-0.3, -0.25) is 4.79 Å². The summed E-state index contributed by atoms with van der Waals surface area (Å²) in [6.45, 7) is 0. The van der Waals surface area contributed by atoms with Crippen molar-refractivity contribution in [2.75, 3.05) is 10.6 Å². The number of halogens is 2. The number of aromatic nitrogens is 1. The molecule has 1 saturated carbocycles. The van der Waals surface area contributed by atoms with Crippen molar-refractivity contribution < 1.29 is 4.79 Å². The van der Waals surface area contributed by atoms with Crippen molar-refractivity contribution in [2.24, 2.45) is 0 Å². The lowest BCUT2D eigenvalue weighted by molar-refractivity contribution is 0.102. The summed E-state index contributed by atoms with van der Waals surface area (Å²) < 4.78 is 0. The number of amides is 1. The molecule has 1 amide bonds. The number of nitrogens with one attached hydrogen (secondary N) is 2. The first-order valence-corrected chi connectivity index (χ1v) is 8.87. The summed E-state index contributed by atoms with van der Waals surface area (Å²) in [5, 5.41) is 6.93. The number of carbonyl (C=O) groups excluding carboxylic acids is 1. The molecule has 0 atom stereocenters. The number of benzene rings is 1. The fourth-order valence-electron chi connectivity index (χ4n) is 2.88. The minimum Gasteiger partial charge on any atom is -0.381 e. The van der Waals surface area contributed by atoms with Gasteiger partial charge in [-0.15, -0.1) is 0 Å². The monoisotopic (exact) mass is 363 g/mol. The Labute approximate surface area is 151 Å². The topological polar surface area (TPSA) is 54.0 Å². The van der Waals surface area contributed by atoms with Gasteiger partial charge in [0.2, 0.25) is 0 Å². The molecule has 6 heteroatoms. The summed E-state index contributed by atoms with van der Waals surface area (Å²) in [6, 6.07) is 9.20. The molecule has 4 nitrogen and oxygen atoms in total. The molecule has 1 fully saturated rings. The lowest BCUT2D eigenvalue weighted by Gasteiger charge is -2.23. The smallest absolute Gasteiger partial charge is 0.274 e. The number of pyridine rings is 1. The maximum absolute atomic E-state index is 12.3. The van der Waals surface area contributed by atoms with Crippen LogP contribution in [0.3, 0.4) is 0 Å². The fraction of sp³-hybridized carbons (Fsp3) is 0.333. The normalized spacial score (nSPS) is 15.1. The van der Waals surface area contributed by atoms with Gasteiger partial charge < -0.3 is 10.6 Å². The van der Waals surface area contributed by atoms with Crippen molar-refractivity contribution in [1.82, 2.24) is 4.98 Å². The highest BCUT2D eigenvalue weighted by Gasteiger charge is 2.14. The van der Waals surface area contributed by atoms with E-state index in [-0.39, 0.29) is 5.91 Å². The van der Waals surface area contributed by atoms with Gasteiger partial charge in [-0.1, -0.05) is 48.5 Å². The molecule has 0 saturated heterocycles. The molecule has 0 radical (unpaired) electrons. The third-order valence-electron chi connectivity index (χ3n) is 4.17. The molecule has 0 bridgehead atoms. The standard InChI is InChI=1S/C18H19Cl2N3O/c19-14-7-4-8-15(17(14)20)23-18(24)16-10-9-13(11-21-16)22-12-5-2-1-3-6-12/h4,7-12,22H,1-3,5-6H2,(H,23,24). The molecule has 1 aliphatic carbocycles. The van der Waals surface area contributed by atoms with Crippen molar-refractivity contribution in [1.29, 1.82) is 0 Å². The van der Waals surface area contributed by atoms with Gasteiger partial charge in [0.25, 0.3) is 5.91 Å². The average Bonchev–Trinajstić information content (AvgIpc) is 2.60. The lowest BCUT2D eigenvalue weighted by atomic mass is 9.95. The summed E-state index contributed by atoms with van der Waals surface area (Å²) in [6.07, 6.45) is 7.94. The van der Waals surface area contributed by atoms with E-state index in [4.69, 9.17) is 23.2 Å². The van der Waals surface area contributed by atoms with E-state index in [0.29, 0.717) is 27.5 Å². The summed E-state index contributed by atoms with van der Waals surface area (Å²) in [7, 11) is 0. The van der Waals surface area contributed by atoms with Crippen LogP contribution in [0.1, 0.15) is 42.6 Å². The molecule has 2 aromatic rings. The number of carbonyl (C=O) groups is 1. The highest BCUT2D eigenvalue weighted by Crippen LogP contribution is 2.29. The van der Waals surface area contributed by atoms with Gasteiger partial charge in [0, 0.05) is 6.04 Å². The summed E-state index contributed by atoms with van der Waals surface area (Å²) in [5.74, 6) is -0.316. The van der Waals surface area contributed by atoms with Crippen molar-refractivity contribution in [3.05, 3.63) is 52.3 Å². The second kappa shape index (κ2) is 7.86. The number of rotatable bonds is 4. The Hall–Kier alpha value is -1.78. The zero-order valence-corrected chi connectivity index (χ0v) is 14.7. The molecule has 1 aliphatic rings. The van der Waals surface area contributed by atoms with Gasteiger partial charge in [0.15, 0.2) is 0 Å². The van der Waals surface area contributed by atoms with E-state index in [0.717, 1.165) is 5.69 Å². The van der Waals surface area contributed by atoms with Gasteiger partial charge in [-0.25, -0.2) is 4.98 Å². The quantitative estimate of drug-likeness (QED) is 0.765. The predicted molar refractivity (Wildman–Crippen MR) is 99.1 cm³/mol. The molecule has 3 rings (SSSR count). The van der Waals surface area contributed by atoms with Crippen molar-refractivity contribution in [2.45, 2.75) is 38.1 Å². The van der Waals surface area contributed by atoms with Gasteiger partial charge in [-0.05, 0) is 37.1 Å². The van der Waals surface area contributed by atoms with Crippen molar-refractivity contribution in [3.63, 3.8) is 0 Å². The molecule has 0 aliphatic heterocycles. The molecular formula is C18H19Cl2N3O. The van der Waals surface area contributed by atoms with Crippen molar-refractivity contribution >= 4 is 40.5 Å². The number of hydrogen-bond donors (Lipinski definition) is 2. The van der Waals surface area contributed by atoms with Crippen LogP contribution in [0.2, 0.25) is 10.0 Å². The van der Waals surface area contributed by atoms with E-state index in [9.17, 15) is 4.79 Å². The Morgan fingerprint density at radius 3 is 2.58 bits per heavy atom. The van der Waals surface area contributed by atoms with Crippen LogP contribution in [0.4, 0.5) is 11.4 Å². The Balaban J connectivity index is 1.64. The summed E-state index contributed by atoms with van der Waals surface area (Å²) in [4.78, 5) is 16.5. The van der Waals surface area contributed by atoms with E-state index in [1.807, 2.05) is 6.07 Å². The predicted octanol–water partition coefficient (Wildman–Crippen LogP) is 5.39. The molecule has 24 heavy (non-hydrogen) atoms. The van der Waals surface area contributed by atoms with E-state index >= 15 is 0 Å². The SMILES string of the molecule is O=C(Nc1cccc(Cl)c1Cl)c1ccc(NC2CCCCC2)cn1. The van der Waals surface area contributed by atoms with Gasteiger partial charge in [0.1, 0.15) is 5.69 Å². The molecule has 1 aromatic carbocycles. The third kappa shape index (κ3) is 4.19. The minimum atomic E-state index is -0.316. The van der Waals surface area contributed by atoms with E-state index in [2.05, 4.69) is 15.6 Å². The molecule has 0 spiro atoms. The van der Waals surface area contributed by atoms with Crippen LogP contribution >= 0.6 is 23.2 Å². The zero-order valence-electron chi connectivity index (χ0n) is 13.2. The van der Waals surface area contributed by atoms with Crippen LogP contribution in [0.15, 0.2) is 36.5 Å². The van der Waals surface area contributed by atoms with Crippen LogP contribution in [-0.4, -0.2) is 16.9 Å². The molecule has 1 aromatic heterocycles. The van der Waals surface area contributed by atoms with Crippen molar-refractivity contribution in [3.8, 4) is 0 Å². The first kappa shape index (κ1) is 17.1. The highest BCUT2D eigenvalue weighted by molar-refractivity contribution is 6.44. The molecule has 126 valence electrons. The second-order valence-electron chi connectivity index (χ2n) is 5.97. The van der Waals surface area contributed by atoms with E-state index < -0.39 is 0 Å². The summed E-state index contributed by atoms with van der Waals surface area (Å²) >= 11 is 12.0. The van der Waals surface area contributed by atoms with Gasteiger partial charge in [-0.2, -0.15) is 0 Å². The minimum absolute atomic E-state index is 0.316. The highest BCUT2D eigenvalue weighted by atomic mass is 35.5. The Kier molecular flexibility index (Phi) is 5.59. The van der Waals surface area contributed by atoms with E-state index in [1.54, 1.807) is 30.5 Å². The summed E-state index contributed by atoms with van der Waals surface area (Å²) in [5.41, 5.74) is 1.75. The number of anilines is 2. The van der Waals surface area contributed by atoms with Crippen LogP contribution in [0.5, 0.6) is 0 Å². The fourth-order valence-corrected chi connectivity index (χ4v) is 3.23. The van der Waals surface area contributed by atoms with Crippen LogP contribution in [0.25, 0.3) is 0 Å². The number of hydrogen-bond acceptors (Lipinski definition) is 3. The molecule has 2 N–H and O–H groups in total. The second-order valence-corrected chi connectivity index (χ2v) is 6.75. The Bertz CT molecular complexity index is 713. The van der Waals surface area contributed by atoms with Crippen LogP contribution in [-0.2, 0) is 0 Å². The first-order chi connectivity index (χ1) is 11.6. The van der Waals surface area contributed by atoms with Gasteiger partial charge in [0.05, 0.1) is 27.6 Å². The van der Waals surface area contributed by atoms with Gasteiger partial charge >= 0.3 is 0 Å². The maximum atomic E-state index is 12.3. The molecular weight excluding hydrogens is 345 g/mol. The molecule has 0 unspecified atom stereocenters. The van der Waals surface area contributed by atoms with E-state index in [1.165, 1.54) is 32.1 Å². The van der Waals surface area contributed by atoms with Crippen LogP contribution < -0.4 is 10.6 Å².